The molecule has 2 N–H and O–H groups in total. The zero-order valence-corrected chi connectivity index (χ0v) is 15.5. The third-order valence-corrected chi connectivity index (χ3v) is 4.54. The molecule has 9 heteroatoms. The maximum absolute atomic E-state index is 13.5. The first-order valence-electron chi connectivity index (χ1n) is 9.11. The molecule has 0 saturated carbocycles. The molecule has 1 unspecified atom stereocenters. The van der Waals surface area contributed by atoms with Gasteiger partial charge in [0.25, 0.3) is 0 Å². The molecule has 152 valence electrons. The highest BCUT2D eigenvalue weighted by Crippen LogP contribution is 2.20. The highest BCUT2D eigenvalue weighted by atomic mass is 19.1. The number of halogens is 2. The summed E-state index contributed by atoms with van der Waals surface area (Å²) in [5, 5.41) is 4.88. The molecule has 1 aromatic carbocycles. The van der Waals surface area contributed by atoms with Crippen LogP contribution in [-0.4, -0.2) is 40.7 Å². The van der Waals surface area contributed by atoms with Crippen LogP contribution in [0.15, 0.2) is 42.7 Å². The third-order valence-electron chi connectivity index (χ3n) is 4.54. The highest BCUT2D eigenvalue weighted by molar-refractivity contribution is 5.92. The van der Waals surface area contributed by atoms with Crippen molar-refractivity contribution < 1.29 is 23.2 Å². The fraction of sp³-hybridized carbons (Fsp3) is 0.300. The van der Waals surface area contributed by atoms with Gasteiger partial charge in [-0.3, -0.25) is 19.4 Å². The summed E-state index contributed by atoms with van der Waals surface area (Å²) in [7, 11) is 0. The van der Waals surface area contributed by atoms with Gasteiger partial charge in [-0.2, -0.15) is 0 Å². The molecule has 29 heavy (non-hydrogen) atoms. The summed E-state index contributed by atoms with van der Waals surface area (Å²) in [4.78, 5) is 41.9. The number of likely N-dealkylation sites (tertiary alicyclic amines) is 1. The highest BCUT2D eigenvalue weighted by Gasteiger charge is 2.34. The molecule has 0 radical (unpaired) electrons. The van der Waals surface area contributed by atoms with Crippen molar-refractivity contribution in [3.8, 4) is 0 Å². The Balaban J connectivity index is 1.43. The lowest BCUT2D eigenvalue weighted by Crippen LogP contribution is -2.34. The first-order valence-corrected chi connectivity index (χ1v) is 9.11. The van der Waals surface area contributed by atoms with Gasteiger partial charge in [0.2, 0.25) is 17.7 Å². The van der Waals surface area contributed by atoms with Crippen LogP contribution in [0.2, 0.25) is 0 Å². The fourth-order valence-electron chi connectivity index (χ4n) is 3.06. The smallest absolute Gasteiger partial charge is 0.226 e. The summed E-state index contributed by atoms with van der Waals surface area (Å²) in [5.74, 6) is -2.91. The van der Waals surface area contributed by atoms with E-state index in [0.717, 1.165) is 23.8 Å². The molecule has 3 rings (SSSR count). The van der Waals surface area contributed by atoms with E-state index < -0.39 is 23.5 Å². The number of nitrogens with zero attached hydrogens (tertiary/aromatic N) is 2. The minimum atomic E-state index is -0.748. The molecule has 1 aliphatic heterocycles. The Kier molecular flexibility index (Phi) is 6.48. The van der Waals surface area contributed by atoms with Crippen LogP contribution < -0.4 is 10.6 Å². The van der Waals surface area contributed by atoms with E-state index in [9.17, 15) is 23.2 Å². The number of carbonyl (C=O) groups excluding carboxylic acids is 3. The van der Waals surface area contributed by atoms with Crippen molar-refractivity contribution in [2.45, 2.75) is 19.4 Å². The topological polar surface area (TPSA) is 91.4 Å². The Labute approximate surface area is 166 Å². The van der Waals surface area contributed by atoms with Crippen molar-refractivity contribution in [1.29, 1.82) is 0 Å². The van der Waals surface area contributed by atoms with Gasteiger partial charge in [0.05, 0.1) is 11.6 Å². The van der Waals surface area contributed by atoms with Gasteiger partial charge in [-0.1, -0.05) is 6.07 Å². The monoisotopic (exact) mass is 402 g/mol. The number of anilines is 1. The average Bonchev–Trinajstić information content (AvgIpc) is 3.06. The largest absolute Gasteiger partial charge is 0.355 e. The second-order valence-corrected chi connectivity index (χ2v) is 6.75. The minimum absolute atomic E-state index is 0.0227. The number of aromatic nitrogens is 1. The van der Waals surface area contributed by atoms with E-state index >= 15 is 0 Å². The van der Waals surface area contributed by atoms with Crippen LogP contribution in [0.1, 0.15) is 18.4 Å². The van der Waals surface area contributed by atoms with Gasteiger partial charge >= 0.3 is 0 Å². The molecule has 2 aromatic rings. The summed E-state index contributed by atoms with van der Waals surface area (Å²) in [6, 6.07) is 6.38. The number of rotatable bonds is 7. The van der Waals surface area contributed by atoms with Gasteiger partial charge in [-0.25, -0.2) is 8.78 Å². The van der Waals surface area contributed by atoms with Gasteiger partial charge in [0, 0.05) is 50.9 Å². The molecule has 3 amide bonds. The van der Waals surface area contributed by atoms with Crippen LogP contribution >= 0.6 is 0 Å². The van der Waals surface area contributed by atoms with Gasteiger partial charge in [0.1, 0.15) is 11.6 Å². The van der Waals surface area contributed by atoms with Crippen molar-refractivity contribution in [1.82, 2.24) is 15.2 Å². The maximum atomic E-state index is 13.5. The van der Waals surface area contributed by atoms with Gasteiger partial charge in [-0.15, -0.1) is 0 Å². The number of hydrogen-bond acceptors (Lipinski definition) is 4. The number of pyridine rings is 1. The number of nitrogens with one attached hydrogen (secondary N) is 2. The van der Waals surface area contributed by atoms with E-state index in [1.807, 2.05) is 6.07 Å². The third kappa shape index (κ3) is 5.56. The molecule has 1 aromatic heterocycles. The van der Waals surface area contributed by atoms with Crippen LogP contribution in [0.3, 0.4) is 0 Å². The molecule has 0 bridgehead atoms. The van der Waals surface area contributed by atoms with Crippen molar-refractivity contribution in [3.05, 3.63) is 59.9 Å². The molecule has 1 fully saturated rings. The zero-order chi connectivity index (χ0) is 20.8. The van der Waals surface area contributed by atoms with Gasteiger partial charge in [0.15, 0.2) is 0 Å². The zero-order valence-electron chi connectivity index (χ0n) is 15.5. The summed E-state index contributed by atoms with van der Waals surface area (Å²) in [5.41, 5.74) is 0.622. The van der Waals surface area contributed by atoms with Crippen molar-refractivity contribution in [3.63, 3.8) is 0 Å². The first-order chi connectivity index (χ1) is 13.9. The van der Waals surface area contributed by atoms with Crippen LogP contribution in [0.5, 0.6) is 0 Å². The van der Waals surface area contributed by atoms with Crippen molar-refractivity contribution >= 4 is 23.4 Å². The molecule has 7 nitrogen and oxygen atoms in total. The van der Waals surface area contributed by atoms with E-state index in [1.165, 1.54) is 0 Å². The molecule has 0 spiro atoms. The van der Waals surface area contributed by atoms with Crippen molar-refractivity contribution in [2.24, 2.45) is 5.92 Å². The predicted molar refractivity (Wildman–Crippen MR) is 100 cm³/mol. The Morgan fingerprint density at radius 3 is 2.83 bits per heavy atom. The molecular formula is C20H20F2N4O3. The number of hydrogen-bond donors (Lipinski definition) is 2. The van der Waals surface area contributed by atoms with E-state index in [1.54, 1.807) is 23.4 Å². The first kappa shape index (κ1) is 20.4. The van der Waals surface area contributed by atoms with E-state index in [-0.39, 0.29) is 36.9 Å². The molecule has 1 atom stereocenters. The van der Waals surface area contributed by atoms with Crippen LogP contribution in [0, 0.1) is 17.6 Å². The lowest BCUT2D eigenvalue weighted by Gasteiger charge is -2.16. The number of carbonyl (C=O) groups is 3. The van der Waals surface area contributed by atoms with E-state index in [2.05, 4.69) is 15.6 Å². The molecule has 2 heterocycles. The summed E-state index contributed by atoms with van der Waals surface area (Å²) in [6.45, 7) is 0.702. The Morgan fingerprint density at radius 2 is 2.07 bits per heavy atom. The molecule has 1 saturated heterocycles. The SMILES string of the molecule is O=C(CCNC(=O)C1CC(=O)N(Cc2cccnc2)C1)Nc1cc(F)ccc1F. The Bertz CT molecular complexity index is 908. The van der Waals surface area contributed by atoms with E-state index in [4.69, 9.17) is 0 Å². The number of amides is 3. The second kappa shape index (κ2) is 9.22. The van der Waals surface area contributed by atoms with Crippen LogP contribution in [-0.2, 0) is 20.9 Å². The van der Waals surface area contributed by atoms with Gasteiger partial charge in [-0.05, 0) is 23.8 Å². The average molecular weight is 402 g/mol. The lowest BCUT2D eigenvalue weighted by molar-refractivity contribution is -0.129. The molecular weight excluding hydrogens is 382 g/mol. The second-order valence-electron chi connectivity index (χ2n) is 6.75. The van der Waals surface area contributed by atoms with Crippen LogP contribution in [0.25, 0.3) is 0 Å². The molecule has 0 aliphatic carbocycles. The standard InChI is InChI=1S/C20H20F2N4O3/c21-15-3-4-16(22)17(9-15)25-18(27)5-7-24-20(29)14-8-19(28)26(12-14)11-13-2-1-6-23-10-13/h1-4,6,9-10,14H,5,7-8,11-12H2,(H,24,29)(H,25,27). The Hall–Kier alpha value is -3.36. The normalized spacial score (nSPS) is 16.0. The van der Waals surface area contributed by atoms with Crippen LogP contribution in [0.4, 0.5) is 14.5 Å². The van der Waals surface area contributed by atoms with Gasteiger partial charge < -0.3 is 15.5 Å². The molecule has 1 aliphatic rings. The van der Waals surface area contributed by atoms with E-state index in [0.29, 0.717) is 13.1 Å². The Morgan fingerprint density at radius 1 is 1.24 bits per heavy atom. The summed E-state index contributed by atoms with van der Waals surface area (Å²) >= 11 is 0. The summed E-state index contributed by atoms with van der Waals surface area (Å²) < 4.78 is 26.6. The minimum Gasteiger partial charge on any atom is -0.355 e. The fourth-order valence-corrected chi connectivity index (χ4v) is 3.06. The van der Waals surface area contributed by atoms with Crippen molar-refractivity contribution in [2.75, 3.05) is 18.4 Å². The summed E-state index contributed by atoms with van der Waals surface area (Å²) in [6.07, 6.45) is 3.31. The predicted octanol–water partition coefficient (Wildman–Crippen LogP) is 1.85. The number of benzene rings is 1. The lowest BCUT2D eigenvalue weighted by atomic mass is 10.1. The quantitative estimate of drug-likeness (QED) is 0.740. The maximum Gasteiger partial charge on any atom is 0.226 e.